The number of ether oxygens (including phenoxy) is 2. The summed E-state index contributed by atoms with van der Waals surface area (Å²) in [6.45, 7) is 6.35. The second-order valence-electron chi connectivity index (χ2n) is 8.33. The molecule has 10 nitrogen and oxygen atoms in total. The second-order valence-corrected chi connectivity index (χ2v) is 8.33. The summed E-state index contributed by atoms with van der Waals surface area (Å²) in [6, 6.07) is 4.11. The standard InChI is InChI=1S/C21H27N7O3/c1-12-11-30-6-5-27(12)19-7-14(15-8-20-28(13(2)29)10-17(15)31-20)16(9-22)21(25-19)24-18-3-4-23-26-18/h3-4,7,9,12,15,17,20,22H,5-6,8,10-11H2,1-2H3,(H2,23,24,25,26)/t12-,15?,17?,20?/m1/s1. The molecule has 0 aromatic carbocycles. The molecule has 2 aromatic rings. The highest BCUT2D eigenvalue weighted by Crippen LogP contribution is 2.44. The number of morpholine rings is 1. The Morgan fingerprint density at radius 1 is 1.45 bits per heavy atom. The van der Waals surface area contributed by atoms with Gasteiger partial charge in [-0.25, -0.2) is 4.98 Å². The summed E-state index contributed by atoms with van der Waals surface area (Å²) in [5.74, 6) is 2.30. The molecule has 3 unspecified atom stereocenters. The lowest BCUT2D eigenvalue weighted by Crippen LogP contribution is -2.44. The number of aromatic nitrogens is 3. The van der Waals surface area contributed by atoms with Crippen LogP contribution in [-0.2, 0) is 14.3 Å². The van der Waals surface area contributed by atoms with Crippen LogP contribution >= 0.6 is 0 Å². The molecule has 3 saturated heterocycles. The number of fused-ring (bicyclic) bond motifs is 2. The first-order valence-electron chi connectivity index (χ1n) is 10.6. The van der Waals surface area contributed by atoms with E-state index in [4.69, 9.17) is 19.9 Å². The predicted molar refractivity (Wildman–Crippen MR) is 115 cm³/mol. The SMILES string of the molecule is CC(=O)N1CC2OC1CC2c1cc(N2CCOC[C@H]2C)nc(Nc2ccn[nH]2)c1C=N. The molecule has 164 valence electrons. The molecule has 0 aliphatic carbocycles. The monoisotopic (exact) mass is 425 g/mol. The maximum atomic E-state index is 11.9. The van der Waals surface area contributed by atoms with Crippen molar-refractivity contribution in [3.8, 4) is 0 Å². The number of rotatable bonds is 5. The number of carbonyl (C=O) groups is 1. The molecule has 31 heavy (non-hydrogen) atoms. The van der Waals surface area contributed by atoms with Gasteiger partial charge in [-0.3, -0.25) is 9.89 Å². The van der Waals surface area contributed by atoms with Crippen LogP contribution < -0.4 is 10.2 Å². The van der Waals surface area contributed by atoms with Crippen LogP contribution in [0.5, 0.6) is 0 Å². The minimum absolute atomic E-state index is 0.0392. The lowest BCUT2D eigenvalue weighted by molar-refractivity contribution is -0.133. The zero-order valence-corrected chi connectivity index (χ0v) is 17.7. The molecule has 5 heterocycles. The summed E-state index contributed by atoms with van der Waals surface area (Å²) in [4.78, 5) is 20.8. The molecule has 3 aliphatic heterocycles. The Labute approximate surface area is 180 Å². The maximum Gasteiger partial charge on any atom is 0.221 e. The van der Waals surface area contributed by atoms with E-state index in [1.54, 1.807) is 18.0 Å². The van der Waals surface area contributed by atoms with Gasteiger partial charge in [0.05, 0.1) is 38.1 Å². The number of piperidine rings is 1. The summed E-state index contributed by atoms with van der Waals surface area (Å²) in [6.07, 6.45) is 3.46. The van der Waals surface area contributed by atoms with Crippen molar-refractivity contribution < 1.29 is 14.3 Å². The molecular weight excluding hydrogens is 398 g/mol. The Balaban J connectivity index is 1.55. The van der Waals surface area contributed by atoms with E-state index in [9.17, 15) is 4.79 Å². The molecule has 0 saturated carbocycles. The highest BCUT2D eigenvalue weighted by atomic mass is 16.5. The van der Waals surface area contributed by atoms with Gasteiger partial charge in [-0.05, 0) is 18.6 Å². The van der Waals surface area contributed by atoms with Gasteiger partial charge in [-0.15, -0.1) is 0 Å². The molecule has 3 N–H and O–H groups in total. The van der Waals surface area contributed by atoms with Crippen molar-refractivity contribution in [3.63, 3.8) is 0 Å². The van der Waals surface area contributed by atoms with Crippen molar-refractivity contribution in [2.45, 2.75) is 44.6 Å². The van der Waals surface area contributed by atoms with Gasteiger partial charge in [0.15, 0.2) is 0 Å². The number of H-pyrrole nitrogens is 1. The van der Waals surface area contributed by atoms with Crippen LogP contribution in [0.4, 0.5) is 17.5 Å². The van der Waals surface area contributed by atoms with Crippen molar-refractivity contribution >= 4 is 29.6 Å². The number of hydrogen-bond acceptors (Lipinski definition) is 8. The molecule has 2 aromatic heterocycles. The topological polar surface area (TPSA) is 119 Å². The second kappa shape index (κ2) is 7.93. The smallest absolute Gasteiger partial charge is 0.221 e. The van der Waals surface area contributed by atoms with Gasteiger partial charge in [0.2, 0.25) is 5.91 Å². The van der Waals surface area contributed by atoms with Crippen molar-refractivity contribution in [1.29, 1.82) is 5.41 Å². The largest absolute Gasteiger partial charge is 0.377 e. The van der Waals surface area contributed by atoms with E-state index in [1.807, 2.05) is 6.07 Å². The average Bonchev–Trinajstić information content (AvgIpc) is 3.51. The molecule has 0 spiro atoms. The molecule has 4 atom stereocenters. The maximum absolute atomic E-state index is 11.9. The van der Waals surface area contributed by atoms with E-state index in [0.29, 0.717) is 31.4 Å². The molecule has 3 fully saturated rings. The molecule has 3 aliphatic rings. The van der Waals surface area contributed by atoms with Gasteiger partial charge in [-0.2, -0.15) is 5.10 Å². The van der Waals surface area contributed by atoms with E-state index in [2.05, 4.69) is 33.4 Å². The van der Waals surface area contributed by atoms with Crippen molar-refractivity contribution in [3.05, 3.63) is 29.5 Å². The quantitative estimate of drug-likeness (QED) is 0.625. The average molecular weight is 425 g/mol. The number of carbonyl (C=O) groups excluding carboxylic acids is 1. The first-order valence-corrected chi connectivity index (χ1v) is 10.6. The van der Waals surface area contributed by atoms with Gasteiger partial charge in [0.1, 0.15) is 23.7 Å². The number of aromatic amines is 1. The molecule has 10 heteroatoms. The van der Waals surface area contributed by atoms with Crippen LogP contribution in [0.1, 0.15) is 37.3 Å². The normalized spacial score (nSPS) is 27.5. The number of amides is 1. The third kappa shape index (κ3) is 3.55. The summed E-state index contributed by atoms with van der Waals surface area (Å²) in [5, 5.41) is 18.3. The van der Waals surface area contributed by atoms with Crippen LogP contribution in [-0.4, -0.2) is 76.9 Å². The fourth-order valence-electron chi connectivity index (χ4n) is 4.84. The van der Waals surface area contributed by atoms with Gasteiger partial charge in [-0.1, -0.05) is 0 Å². The lowest BCUT2D eigenvalue weighted by atomic mass is 9.86. The fourth-order valence-corrected chi connectivity index (χ4v) is 4.84. The van der Waals surface area contributed by atoms with Crippen molar-refractivity contribution in [1.82, 2.24) is 20.1 Å². The fraction of sp³-hybridized carbons (Fsp3) is 0.524. The zero-order chi connectivity index (χ0) is 21.5. The number of anilines is 3. The molecular formula is C21H27N7O3. The Hall–Kier alpha value is -2.98. The summed E-state index contributed by atoms with van der Waals surface area (Å²) in [5.41, 5.74) is 1.76. The summed E-state index contributed by atoms with van der Waals surface area (Å²) in [7, 11) is 0. The highest BCUT2D eigenvalue weighted by molar-refractivity contribution is 5.89. The molecule has 5 rings (SSSR count). The van der Waals surface area contributed by atoms with Gasteiger partial charge in [0, 0.05) is 43.7 Å². The zero-order valence-electron chi connectivity index (χ0n) is 17.7. The van der Waals surface area contributed by atoms with Crippen LogP contribution in [0, 0.1) is 5.41 Å². The number of nitrogens with zero attached hydrogens (tertiary/aromatic N) is 4. The first-order chi connectivity index (χ1) is 15.0. The van der Waals surface area contributed by atoms with E-state index in [0.717, 1.165) is 29.9 Å². The van der Waals surface area contributed by atoms with E-state index >= 15 is 0 Å². The Morgan fingerprint density at radius 3 is 2.97 bits per heavy atom. The van der Waals surface area contributed by atoms with Gasteiger partial charge < -0.3 is 30.0 Å². The third-order valence-electron chi connectivity index (χ3n) is 6.40. The molecule has 0 radical (unpaired) electrons. The van der Waals surface area contributed by atoms with Crippen LogP contribution in [0.3, 0.4) is 0 Å². The van der Waals surface area contributed by atoms with Crippen LogP contribution in [0.25, 0.3) is 0 Å². The number of pyridine rings is 1. The first kappa shape index (κ1) is 20.0. The van der Waals surface area contributed by atoms with E-state index in [-0.39, 0.29) is 30.2 Å². The Kier molecular flexibility index (Phi) is 5.11. The molecule has 2 bridgehead atoms. The molecule has 1 amide bonds. The Bertz CT molecular complexity index is 980. The number of likely N-dealkylation sites (tertiary alicyclic amines) is 1. The number of nitrogens with one attached hydrogen (secondary N) is 3. The van der Waals surface area contributed by atoms with Crippen LogP contribution in [0.15, 0.2) is 18.3 Å². The third-order valence-corrected chi connectivity index (χ3v) is 6.40. The van der Waals surface area contributed by atoms with Crippen molar-refractivity contribution in [2.24, 2.45) is 0 Å². The Morgan fingerprint density at radius 2 is 2.32 bits per heavy atom. The van der Waals surface area contributed by atoms with Gasteiger partial charge >= 0.3 is 0 Å². The van der Waals surface area contributed by atoms with Crippen LogP contribution in [0.2, 0.25) is 0 Å². The van der Waals surface area contributed by atoms with E-state index < -0.39 is 0 Å². The van der Waals surface area contributed by atoms with Gasteiger partial charge in [0.25, 0.3) is 0 Å². The van der Waals surface area contributed by atoms with Crippen molar-refractivity contribution in [2.75, 3.05) is 36.5 Å². The summed E-state index contributed by atoms with van der Waals surface area (Å²) >= 11 is 0. The highest BCUT2D eigenvalue weighted by Gasteiger charge is 2.48. The minimum Gasteiger partial charge on any atom is -0.377 e. The minimum atomic E-state index is -0.200. The number of hydrogen-bond donors (Lipinski definition) is 3. The predicted octanol–water partition coefficient (Wildman–Crippen LogP) is 1.83. The lowest BCUT2D eigenvalue weighted by Gasteiger charge is -2.35. The summed E-state index contributed by atoms with van der Waals surface area (Å²) < 4.78 is 11.7. The van der Waals surface area contributed by atoms with E-state index in [1.165, 1.54) is 6.21 Å².